The van der Waals surface area contributed by atoms with Crippen LogP contribution in [-0.2, 0) is 39.1 Å². The number of ether oxygens (including phenoxy) is 3. The zero-order valence-electron chi connectivity index (χ0n) is 19.4. The van der Waals surface area contributed by atoms with Crippen molar-refractivity contribution in [3.63, 3.8) is 0 Å². The largest absolute Gasteiger partial charge is 0.458 e. The van der Waals surface area contributed by atoms with E-state index in [2.05, 4.69) is 5.32 Å². The second-order valence-electron chi connectivity index (χ2n) is 9.17. The van der Waals surface area contributed by atoms with Crippen LogP contribution in [0, 0.1) is 0 Å². The first-order valence-corrected chi connectivity index (χ1v) is 13.5. The van der Waals surface area contributed by atoms with E-state index in [9.17, 15) is 23.1 Å². The number of aliphatic hydroxyl groups excluding tert-OH is 1. The summed E-state index contributed by atoms with van der Waals surface area (Å²) in [5.41, 5.74) is 3.63. The van der Waals surface area contributed by atoms with Crippen molar-refractivity contribution >= 4 is 26.7 Å². The fraction of sp³-hybridized carbons (Fsp3) is 0.375. The second-order valence-corrected chi connectivity index (χ2v) is 11.4. The molecule has 3 aliphatic heterocycles. The molecular formula is C24H23N3O8S. The molecule has 0 fully saturated rings. The Morgan fingerprint density at radius 3 is 2.69 bits per heavy atom. The molecule has 0 saturated heterocycles. The quantitative estimate of drug-likeness (QED) is 0.280. The van der Waals surface area contributed by atoms with Gasteiger partial charge in [0.2, 0.25) is 6.79 Å². The number of sulfone groups is 1. The van der Waals surface area contributed by atoms with Gasteiger partial charge in [0.05, 0.1) is 34.8 Å². The average molecular weight is 514 g/mol. The number of rotatable bonds is 6. The summed E-state index contributed by atoms with van der Waals surface area (Å²) in [5.74, 6) is 0.470. The Labute approximate surface area is 205 Å². The van der Waals surface area contributed by atoms with Crippen LogP contribution in [0.1, 0.15) is 34.8 Å². The summed E-state index contributed by atoms with van der Waals surface area (Å²) in [7, 11) is -3.05. The molecule has 3 aliphatic rings. The standard InChI is InChI=1S/C24H23N3O8S/c1-36(31,32)4-2-3-25-8-14-12-6-19-20(35-11-34-19)7-17(12)26-21-15(14)9-27-18(21)5-13-16(23(27)29)10-33-24(30)22(13)28/h5-7,22,25,28H,2-4,8-11H2,1H3/t22-/m0/s1. The van der Waals surface area contributed by atoms with Crippen LogP contribution in [0.5, 0.6) is 11.5 Å². The minimum Gasteiger partial charge on any atom is -0.458 e. The first-order chi connectivity index (χ1) is 17.2. The van der Waals surface area contributed by atoms with E-state index in [4.69, 9.17) is 19.2 Å². The number of aliphatic hydroxyl groups is 1. The molecule has 188 valence electrons. The zero-order valence-corrected chi connectivity index (χ0v) is 20.2. The SMILES string of the molecule is CS(=O)(=O)CCCNCc1c2c(nc3cc4c(cc13)OCO4)-c1cc3c(c(=O)n1C2)COC(=O)[C@H]3O. The smallest absolute Gasteiger partial charge is 0.340 e. The fourth-order valence-electron chi connectivity index (χ4n) is 4.97. The third-order valence-electron chi connectivity index (χ3n) is 6.74. The molecule has 6 rings (SSSR count). The van der Waals surface area contributed by atoms with E-state index in [-0.39, 0.29) is 42.4 Å². The number of nitrogens with one attached hydrogen (secondary N) is 1. The highest BCUT2D eigenvalue weighted by Gasteiger charge is 2.35. The lowest BCUT2D eigenvalue weighted by Crippen LogP contribution is -2.32. The fourth-order valence-corrected chi connectivity index (χ4v) is 5.64. The van der Waals surface area contributed by atoms with Gasteiger partial charge in [0.25, 0.3) is 5.56 Å². The maximum absolute atomic E-state index is 13.3. The van der Waals surface area contributed by atoms with E-state index >= 15 is 0 Å². The zero-order chi connectivity index (χ0) is 25.2. The predicted octanol–water partition coefficient (Wildman–Crippen LogP) is 0.768. The molecule has 12 heteroatoms. The van der Waals surface area contributed by atoms with Gasteiger partial charge in [0, 0.05) is 35.4 Å². The van der Waals surface area contributed by atoms with E-state index in [1.807, 2.05) is 6.07 Å². The maximum Gasteiger partial charge on any atom is 0.340 e. The van der Waals surface area contributed by atoms with Crippen molar-refractivity contribution in [2.75, 3.05) is 25.3 Å². The van der Waals surface area contributed by atoms with Crippen molar-refractivity contribution < 1.29 is 32.5 Å². The average Bonchev–Trinajstić information content (AvgIpc) is 3.43. The lowest BCUT2D eigenvalue weighted by Gasteiger charge is -2.21. The topological polar surface area (TPSA) is 146 Å². The van der Waals surface area contributed by atoms with Gasteiger partial charge < -0.3 is 29.2 Å². The van der Waals surface area contributed by atoms with E-state index in [0.717, 1.165) is 16.5 Å². The molecular weight excluding hydrogens is 490 g/mol. The molecule has 2 aromatic heterocycles. The van der Waals surface area contributed by atoms with Crippen LogP contribution in [0.25, 0.3) is 22.3 Å². The Bertz CT molecular complexity index is 1610. The van der Waals surface area contributed by atoms with Gasteiger partial charge in [-0.25, -0.2) is 18.2 Å². The Morgan fingerprint density at radius 2 is 1.92 bits per heavy atom. The highest BCUT2D eigenvalue weighted by atomic mass is 32.2. The Hall–Kier alpha value is -3.48. The minimum absolute atomic E-state index is 0.0867. The highest BCUT2D eigenvalue weighted by molar-refractivity contribution is 7.90. The molecule has 1 aromatic carbocycles. The van der Waals surface area contributed by atoms with Crippen LogP contribution in [-0.4, -0.2) is 54.4 Å². The van der Waals surface area contributed by atoms with Crippen molar-refractivity contribution in [2.45, 2.75) is 32.2 Å². The summed E-state index contributed by atoms with van der Waals surface area (Å²) in [4.78, 5) is 30.1. The molecule has 0 amide bonds. The van der Waals surface area contributed by atoms with Crippen LogP contribution < -0.4 is 20.3 Å². The van der Waals surface area contributed by atoms with Gasteiger partial charge in [0.15, 0.2) is 17.6 Å². The van der Waals surface area contributed by atoms with Crippen LogP contribution in [0.3, 0.4) is 0 Å². The van der Waals surface area contributed by atoms with Gasteiger partial charge in [-0.1, -0.05) is 0 Å². The van der Waals surface area contributed by atoms with Crippen molar-refractivity contribution in [3.05, 3.63) is 50.8 Å². The molecule has 0 radical (unpaired) electrons. The number of nitrogens with zero attached hydrogens (tertiary/aromatic N) is 2. The molecule has 36 heavy (non-hydrogen) atoms. The number of benzene rings is 1. The highest BCUT2D eigenvalue weighted by Crippen LogP contribution is 2.42. The second kappa shape index (κ2) is 8.29. The summed E-state index contributed by atoms with van der Waals surface area (Å²) in [6.07, 6.45) is 0.152. The molecule has 0 spiro atoms. The molecule has 0 saturated carbocycles. The molecule has 2 N–H and O–H groups in total. The van der Waals surface area contributed by atoms with Crippen LogP contribution >= 0.6 is 0 Å². The van der Waals surface area contributed by atoms with Crippen LogP contribution in [0.2, 0.25) is 0 Å². The van der Waals surface area contributed by atoms with Gasteiger partial charge in [-0.2, -0.15) is 0 Å². The Balaban J connectivity index is 1.46. The minimum atomic E-state index is -3.05. The predicted molar refractivity (Wildman–Crippen MR) is 127 cm³/mol. The van der Waals surface area contributed by atoms with Gasteiger partial charge >= 0.3 is 5.97 Å². The van der Waals surface area contributed by atoms with E-state index in [0.29, 0.717) is 47.9 Å². The van der Waals surface area contributed by atoms with Gasteiger partial charge in [-0.3, -0.25) is 4.79 Å². The number of hydrogen-bond donors (Lipinski definition) is 2. The van der Waals surface area contributed by atoms with Gasteiger partial charge in [-0.05, 0) is 30.7 Å². The third-order valence-corrected chi connectivity index (χ3v) is 7.77. The molecule has 3 aromatic rings. The number of carbonyl (C=O) groups excluding carboxylic acids is 1. The lowest BCUT2D eigenvalue weighted by molar-refractivity contribution is -0.157. The monoisotopic (exact) mass is 513 g/mol. The number of aromatic nitrogens is 2. The van der Waals surface area contributed by atoms with Crippen molar-refractivity contribution in [3.8, 4) is 22.9 Å². The molecule has 0 bridgehead atoms. The van der Waals surface area contributed by atoms with Gasteiger partial charge in [0.1, 0.15) is 16.4 Å². The number of pyridine rings is 2. The van der Waals surface area contributed by atoms with Gasteiger partial charge in [-0.15, -0.1) is 0 Å². The number of fused-ring (bicyclic) bond motifs is 6. The molecule has 5 heterocycles. The van der Waals surface area contributed by atoms with Crippen molar-refractivity contribution in [1.29, 1.82) is 0 Å². The van der Waals surface area contributed by atoms with E-state index < -0.39 is 21.9 Å². The number of hydrogen-bond acceptors (Lipinski definition) is 10. The summed E-state index contributed by atoms with van der Waals surface area (Å²) >= 11 is 0. The normalized spacial score (nSPS) is 17.6. The molecule has 1 atom stereocenters. The Kier molecular flexibility index (Phi) is 5.28. The number of cyclic esters (lactones) is 1. The number of carbonyl (C=O) groups is 1. The molecule has 0 aliphatic carbocycles. The van der Waals surface area contributed by atoms with Crippen LogP contribution in [0.15, 0.2) is 23.0 Å². The maximum atomic E-state index is 13.3. The first kappa shape index (κ1) is 23.0. The van der Waals surface area contributed by atoms with E-state index in [1.165, 1.54) is 6.26 Å². The third kappa shape index (κ3) is 3.72. The Morgan fingerprint density at radius 1 is 1.14 bits per heavy atom. The summed E-state index contributed by atoms with van der Waals surface area (Å²) in [6, 6.07) is 5.30. The molecule has 11 nitrogen and oxygen atoms in total. The van der Waals surface area contributed by atoms with Crippen molar-refractivity contribution in [1.82, 2.24) is 14.9 Å². The van der Waals surface area contributed by atoms with E-state index in [1.54, 1.807) is 16.7 Å². The van der Waals surface area contributed by atoms with Crippen LogP contribution in [0.4, 0.5) is 0 Å². The van der Waals surface area contributed by atoms with Crippen molar-refractivity contribution in [2.24, 2.45) is 0 Å². The first-order valence-electron chi connectivity index (χ1n) is 11.5. The number of esters is 1. The molecule has 0 unspecified atom stereocenters. The summed E-state index contributed by atoms with van der Waals surface area (Å²) < 4.78 is 40.6. The lowest BCUT2D eigenvalue weighted by atomic mass is 9.98. The summed E-state index contributed by atoms with van der Waals surface area (Å²) in [6.45, 7) is 1.09. The summed E-state index contributed by atoms with van der Waals surface area (Å²) in [5, 5.41) is 14.5.